The third-order valence-corrected chi connectivity index (χ3v) is 4.85. The van der Waals surface area contributed by atoms with Gasteiger partial charge >= 0.3 is 5.97 Å². The van der Waals surface area contributed by atoms with Gasteiger partial charge in [-0.3, -0.25) is 0 Å². The van der Waals surface area contributed by atoms with Crippen LogP contribution in [0.3, 0.4) is 0 Å². The minimum atomic E-state index is -0.480. The molecule has 6 nitrogen and oxygen atoms in total. The molecule has 0 atom stereocenters. The molecule has 0 aliphatic heterocycles. The fraction of sp³-hybridized carbons (Fsp3) is 0.190. The molecule has 0 fully saturated rings. The molecule has 0 saturated heterocycles. The molecular weight excluding hydrogens is 458 g/mol. The van der Waals surface area contributed by atoms with Crippen LogP contribution in [0.5, 0.6) is 5.75 Å². The Morgan fingerprint density at radius 2 is 2.17 bits per heavy atom. The Hall–Kier alpha value is -2.82. The van der Waals surface area contributed by atoms with Crippen molar-refractivity contribution in [2.75, 3.05) is 13.2 Å². The van der Waals surface area contributed by atoms with Crippen molar-refractivity contribution in [3.05, 3.63) is 56.8 Å². The SMILES string of the molecule is CCOC(=O)COc1c(Cl)cc(/C=C(/C#N)c2nc3ccc(C)cc3[nH]2)cc1Br. The van der Waals surface area contributed by atoms with Gasteiger partial charge in [-0.2, -0.15) is 5.26 Å². The Balaban J connectivity index is 1.89. The van der Waals surface area contributed by atoms with Gasteiger partial charge in [0.15, 0.2) is 12.4 Å². The number of aromatic amines is 1. The lowest BCUT2D eigenvalue weighted by Crippen LogP contribution is -2.14. The van der Waals surface area contributed by atoms with Gasteiger partial charge < -0.3 is 14.5 Å². The molecule has 0 aliphatic rings. The highest BCUT2D eigenvalue weighted by Crippen LogP contribution is 2.35. The average molecular weight is 475 g/mol. The smallest absolute Gasteiger partial charge is 0.344 e. The number of halogens is 2. The number of carbonyl (C=O) groups is 1. The van der Waals surface area contributed by atoms with E-state index in [4.69, 9.17) is 21.1 Å². The summed E-state index contributed by atoms with van der Waals surface area (Å²) in [5.74, 6) is 0.323. The van der Waals surface area contributed by atoms with Crippen molar-refractivity contribution < 1.29 is 14.3 Å². The van der Waals surface area contributed by atoms with Gasteiger partial charge in [0.05, 0.1) is 32.7 Å². The number of esters is 1. The second kappa shape index (κ2) is 9.12. The first-order chi connectivity index (χ1) is 13.9. The molecule has 2 aromatic carbocycles. The molecule has 1 aromatic heterocycles. The van der Waals surface area contributed by atoms with Gasteiger partial charge in [0.1, 0.15) is 11.9 Å². The molecule has 0 saturated carbocycles. The van der Waals surface area contributed by atoms with E-state index in [1.54, 1.807) is 25.1 Å². The number of rotatable bonds is 6. The maximum atomic E-state index is 11.5. The van der Waals surface area contributed by atoms with Crippen molar-refractivity contribution in [1.29, 1.82) is 5.26 Å². The number of imidazole rings is 1. The molecule has 0 bridgehead atoms. The summed E-state index contributed by atoms with van der Waals surface area (Å²) in [6.07, 6.45) is 1.68. The number of fused-ring (bicyclic) bond motifs is 1. The van der Waals surface area contributed by atoms with E-state index in [0.29, 0.717) is 32.2 Å². The maximum absolute atomic E-state index is 11.5. The van der Waals surface area contributed by atoms with Gasteiger partial charge in [-0.15, -0.1) is 0 Å². The number of benzene rings is 2. The lowest BCUT2D eigenvalue weighted by molar-refractivity contribution is -0.145. The number of carbonyl (C=O) groups excluding carboxylic acids is 1. The predicted molar refractivity (Wildman–Crippen MR) is 116 cm³/mol. The summed E-state index contributed by atoms with van der Waals surface area (Å²) >= 11 is 9.70. The second-order valence-electron chi connectivity index (χ2n) is 6.18. The van der Waals surface area contributed by atoms with Crippen molar-refractivity contribution in [1.82, 2.24) is 9.97 Å². The summed E-state index contributed by atoms with van der Waals surface area (Å²) < 4.78 is 10.8. The highest BCUT2D eigenvalue weighted by atomic mass is 79.9. The lowest BCUT2D eigenvalue weighted by atomic mass is 10.1. The third-order valence-electron chi connectivity index (χ3n) is 3.98. The summed E-state index contributed by atoms with van der Waals surface area (Å²) in [6, 6.07) is 11.4. The van der Waals surface area contributed by atoms with Crippen molar-refractivity contribution in [2.45, 2.75) is 13.8 Å². The predicted octanol–water partition coefficient (Wildman–Crippen LogP) is 5.29. The summed E-state index contributed by atoms with van der Waals surface area (Å²) in [5.41, 5.74) is 3.79. The Morgan fingerprint density at radius 3 is 2.86 bits per heavy atom. The summed E-state index contributed by atoms with van der Waals surface area (Å²) in [6.45, 7) is 3.74. The molecule has 8 heteroatoms. The van der Waals surface area contributed by atoms with Gasteiger partial charge in [-0.25, -0.2) is 9.78 Å². The Morgan fingerprint density at radius 1 is 1.38 bits per heavy atom. The van der Waals surface area contributed by atoms with Gasteiger partial charge in [-0.05, 0) is 71.2 Å². The van der Waals surface area contributed by atoms with Crippen molar-refractivity contribution in [3.63, 3.8) is 0 Å². The molecule has 1 N–H and O–H groups in total. The van der Waals surface area contributed by atoms with Crippen LogP contribution in [-0.4, -0.2) is 29.2 Å². The Kier molecular flexibility index (Phi) is 6.57. The zero-order valence-electron chi connectivity index (χ0n) is 15.8. The van der Waals surface area contributed by atoms with Crippen molar-refractivity contribution >= 4 is 56.2 Å². The van der Waals surface area contributed by atoms with Crippen LogP contribution >= 0.6 is 27.5 Å². The van der Waals surface area contributed by atoms with Gasteiger partial charge in [0.25, 0.3) is 0 Å². The fourth-order valence-electron chi connectivity index (χ4n) is 2.71. The highest BCUT2D eigenvalue weighted by Gasteiger charge is 2.13. The van der Waals surface area contributed by atoms with Crippen LogP contribution in [0.1, 0.15) is 23.9 Å². The summed E-state index contributed by atoms with van der Waals surface area (Å²) in [7, 11) is 0. The number of aromatic nitrogens is 2. The van der Waals surface area contributed by atoms with Crippen LogP contribution in [0, 0.1) is 18.3 Å². The molecule has 1 heterocycles. The number of H-pyrrole nitrogens is 1. The molecule has 148 valence electrons. The molecule has 0 amide bonds. The zero-order chi connectivity index (χ0) is 21.0. The molecule has 0 unspecified atom stereocenters. The molecule has 0 spiro atoms. The molecule has 29 heavy (non-hydrogen) atoms. The Bertz CT molecular complexity index is 1120. The number of hydrogen-bond donors (Lipinski definition) is 1. The summed E-state index contributed by atoms with van der Waals surface area (Å²) in [4.78, 5) is 19.1. The van der Waals surface area contributed by atoms with Gasteiger partial charge in [0, 0.05) is 0 Å². The molecule has 3 rings (SSSR count). The van der Waals surface area contributed by atoms with E-state index in [0.717, 1.165) is 16.6 Å². The van der Waals surface area contributed by atoms with E-state index >= 15 is 0 Å². The van der Waals surface area contributed by atoms with E-state index in [1.807, 2.05) is 25.1 Å². The third kappa shape index (κ3) is 4.97. The van der Waals surface area contributed by atoms with E-state index < -0.39 is 5.97 Å². The molecule has 0 aliphatic carbocycles. The lowest BCUT2D eigenvalue weighted by Gasteiger charge is -2.10. The van der Waals surface area contributed by atoms with E-state index in [2.05, 4.69) is 32.0 Å². The standard InChI is InChI=1S/C21H17BrClN3O3/c1-3-28-19(27)11-29-20-15(22)8-13(9-16(20)23)7-14(10-24)21-25-17-5-4-12(2)6-18(17)26-21/h4-9H,3,11H2,1-2H3,(H,25,26)/b14-7-. The van der Waals surface area contributed by atoms with Crippen LogP contribution in [0.15, 0.2) is 34.8 Å². The molecular formula is C21H17BrClN3O3. The monoisotopic (exact) mass is 473 g/mol. The molecule has 3 aromatic rings. The number of allylic oxidation sites excluding steroid dienone is 1. The number of hydrogen-bond acceptors (Lipinski definition) is 5. The highest BCUT2D eigenvalue weighted by molar-refractivity contribution is 9.10. The Labute approximate surface area is 181 Å². The van der Waals surface area contributed by atoms with Crippen LogP contribution < -0.4 is 4.74 Å². The van der Waals surface area contributed by atoms with Crippen molar-refractivity contribution in [3.8, 4) is 11.8 Å². The molecule has 0 radical (unpaired) electrons. The quantitative estimate of drug-likeness (QED) is 0.387. The zero-order valence-corrected chi connectivity index (χ0v) is 18.1. The first kappa shape index (κ1) is 20.9. The van der Waals surface area contributed by atoms with Crippen LogP contribution in [0.2, 0.25) is 5.02 Å². The number of nitriles is 1. The van der Waals surface area contributed by atoms with Gasteiger partial charge in [-0.1, -0.05) is 17.7 Å². The number of aryl methyl sites for hydroxylation is 1. The minimum Gasteiger partial charge on any atom is -0.479 e. The maximum Gasteiger partial charge on any atom is 0.344 e. The van der Waals surface area contributed by atoms with Gasteiger partial charge in [0.2, 0.25) is 0 Å². The van der Waals surface area contributed by atoms with Crippen molar-refractivity contribution in [2.24, 2.45) is 0 Å². The normalized spacial score (nSPS) is 11.3. The van der Waals surface area contributed by atoms with Crippen LogP contribution in [0.4, 0.5) is 0 Å². The van der Waals surface area contributed by atoms with Crippen LogP contribution in [0.25, 0.3) is 22.7 Å². The van der Waals surface area contributed by atoms with E-state index in [1.165, 1.54) is 0 Å². The second-order valence-corrected chi connectivity index (χ2v) is 7.44. The first-order valence-electron chi connectivity index (χ1n) is 8.77. The number of nitrogens with zero attached hydrogens (tertiary/aromatic N) is 2. The number of ether oxygens (including phenoxy) is 2. The van der Waals surface area contributed by atoms with E-state index in [-0.39, 0.29) is 13.2 Å². The largest absolute Gasteiger partial charge is 0.479 e. The topological polar surface area (TPSA) is 88.0 Å². The minimum absolute atomic E-state index is 0.247. The number of nitrogens with one attached hydrogen (secondary N) is 1. The van der Waals surface area contributed by atoms with E-state index in [9.17, 15) is 10.1 Å². The first-order valence-corrected chi connectivity index (χ1v) is 9.94. The fourth-order valence-corrected chi connectivity index (χ4v) is 3.69. The average Bonchev–Trinajstić information content (AvgIpc) is 3.08. The van der Waals surface area contributed by atoms with Crippen LogP contribution in [-0.2, 0) is 9.53 Å². The summed E-state index contributed by atoms with van der Waals surface area (Å²) in [5, 5.41) is 9.91.